The molecule has 0 aromatic heterocycles. The zero-order valence-electron chi connectivity index (χ0n) is 13.2. The number of ether oxygens (including phenoxy) is 1. The third-order valence-electron chi connectivity index (χ3n) is 3.05. The highest BCUT2D eigenvalue weighted by molar-refractivity contribution is 9.10. The molecule has 0 atom stereocenters. The second-order valence-electron chi connectivity index (χ2n) is 4.95. The summed E-state index contributed by atoms with van der Waals surface area (Å²) in [6.45, 7) is -0.206. The van der Waals surface area contributed by atoms with Gasteiger partial charge in [-0.2, -0.15) is 17.9 Å². The van der Waals surface area contributed by atoms with E-state index >= 15 is 0 Å². The predicted molar refractivity (Wildman–Crippen MR) is 94.0 cm³/mol. The Morgan fingerprint density at radius 3 is 2.50 bits per heavy atom. The molecule has 0 aliphatic rings. The minimum atomic E-state index is -4.62. The van der Waals surface area contributed by atoms with Crippen molar-refractivity contribution in [2.45, 2.75) is 11.1 Å². The van der Waals surface area contributed by atoms with Gasteiger partial charge in [0.05, 0.1) is 17.0 Å². The maximum Gasteiger partial charge on any atom is 0.416 e. The molecule has 0 bridgehead atoms. The Labute approximate surface area is 157 Å². The zero-order chi connectivity index (χ0) is 19.2. The van der Waals surface area contributed by atoms with Crippen LogP contribution in [-0.2, 0) is 16.2 Å². The van der Waals surface area contributed by atoms with Crippen molar-refractivity contribution >= 4 is 26.0 Å². The van der Waals surface area contributed by atoms with Crippen LogP contribution in [0, 0.1) is 11.8 Å². The summed E-state index contributed by atoms with van der Waals surface area (Å²) in [4.78, 5) is -0.473. The van der Waals surface area contributed by atoms with Crippen LogP contribution in [0.25, 0.3) is 0 Å². The minimum Gasteiger partial charge on any atom is -0.481 e. The number of hydrogen-bond donors (Lipinski definition) is 1. The van der Waals surface area contributed by atoms with Crippen molar-refractivity contribution in [2.24, 2.45) is 0 Å². The molecule has 0 aliphatic carbocycles. The lowest BCUT2D eigenvalue weighted by molar-refractivity contribution is -0.137. The van der Waals surface area contributed by atoms with E-state index in [-0.39, 0.29) is 13.2 Å². The summed E-state index contributed by atoms with van der Waals surface area (Å²) in [6.07, 6.45) is -4.62. The number of sulfonamides is 1. The van der Waals surface area contributed by atoms with E-state index < -0.39 is 26.7 Å². The molecule has 0 unspecified atom stereocenters. The molecule has 0 spiro atoms. The second-order valence-corrected chi connectivity index (χ2v) is 7.63. The van der Waals surface area contributed by atoms with Crippen LogP contribution in [0.4, 0.5) is 13.2 Å². The lowest BCUT2D eigenvalue weighted by Crippen LogP contribution is -2.24. The number of nitrogens with one attached hydrogen (secondary N) is 1. The fourth-order valence-corrected chi connectivity index (χ4v) is 3.19. The van der Waals surface area contributed by atoms with Gasteiger partial charge in [0.15, 0.2) is 0 Å². The summed E-state index contributed by atoms with van der Waals surface area (Å²) in [5.74, 6) is 5.76. The molecule has 0 amide bonds. The Balaban J connectivity index is 1.91. The van der Waals surface area contributed by atoms with E-state index in [1.165, 1.54) is 0 Å². The molecule has 4 nitrogen and oxygen atoms in total. The molecule has 9 heteroatoms. The van der Waals surface area contributed by atoms with Gasteiger partial charge >= 0.3 is 6.18 Å². The molecular formula is C17H13BrF3NO3S. The Hall–Kier alpha value is -2.02. The Bertz CT molecular complexity index is 934. The van der Waals surface area contributed by atoms with Gasteiger partial charge in [-0.15, -0.1) is 0 Å². The van der Waals surface area contributed by atoms with Crippen molar-refractivity contribution in [1.29, 1.82) is 0 Å². The number of alkyl halides is 3. The molecule has 2 aromatic rings. The van der Waals surface area contributed by atoms with Crippen LogP contribution < -0.4 is 9.46 Å². The lowest BCUT2D eigenvalue weighted by atomic mass is 10.2. The first kappa shape index (κ1) is 20.3. The van der Waals surface area contributed by atoms with Gasteiger partial charge in [0.1, 0.15) is 12.4 Å². The first-order chi connectivity index (χ1) is 12.2. The van der Waals surface area contributed by atoms with Gasteiger partial charge in [-0.3, -0.25) is 0 Å². The van der Waals surface area contributed by atoms with Crippen molar-refractivity contribution in [3.05, 3.63) is 58.6 Å². The highest BCUT2D eigenvalue weighted by atomic mass is 79.9. The van der Waals surface area contributed by atoms with Crippen LogP contribution >= 0.6 is 15.9 Å². The van der Waals surface area contributed by atoms with Crippen LogP contribution in [-0.4, -0.2) is 21.6 Å². The van der Waals surface area contributed by atoms with Crippen LogP contribution in [0.2, 0.25) is 0 Å². The summed E-state index contributed by atoms with van der Waals surface area (Å²) in [7, 11) is -4.09. The van der Waals surface area contributed by atoms with E-state index in [1.54, 1.807) is 18.2 Å². The van der Waals surface area contributed by atoms with E-state index in [2.05, 4.69) is 32.5 Å². The van der Waals surface area contributed by atoms with Gasteiger partial charge in [-0.05, 0) is 36.4 Å². The van der Waals surface area contributed by atoms with E-state index in [4.69, 9.17) is 4.74 Å². The van der Waals surface area contributed by atoms with Crippen molar-refractivity contribution < 1.29 is 26.3 Å². The number of halogens is 4. The molecule has 26 heavy (non-hydrogen) atoms. The molecule has 0 heterocycles. The molecule has 0 radical (unpaired) electrons. The van der Waals surface area contributed by atoms with Gasteiger partial charge in [0.25, 0.3) is 0 Å². The fourth-order valence-electron chi connectivity index (χ4n) is 1.84. The average Bonchev–Trinajstić information content (AvgIpc) is 2.57. The van der Waals surface area contributed by atoms with E-state index in [0.717, 1.165) is 22.7 Å². The van der Waals surface area contributed by atoms with Gasteiger partial charge in [-0.1, -0.05) is 39.9 Å². The number of benzene rings is 2. The summed E-state index contributed by atoms with van der Waals surface area (Å²) < 4.78 is 70.3. The molecule has 2 rings (SSSR count). The molecule has 0 aliphatic heterocycles. The van der Waals surface area contributed by atoms with E-state index in [9.17, 15) is 21.6 Å². The minimum absolute atomic E-state index is 0.0434. The summed E-state index contributed by atoms with van der Waals surface area (Å²) in [5, 5.41) is 0. The highest BCUT2D eigenvalue weighted by Crippen LogP contribution is 2.30. The summed E-state index contributed by atoms with van der Waals surface area (Å²) >= 11 is 3.29. The van der Waals surface area contributed by atoms with Gasteiger partial charge in [0.2, 0.25) is 10.0 Å². The average molecular weight is 448 g/mol. The predicted octanol–water partition coefficient (Wildman–Crippen LogP) is 3.83. The molecular weight excluding hydrogens is 435 g/mol. The van der Waals surface area contributed by atoms with Gasteiger partial charge in [0, 0.05) is 4.47 Å². The second kappa shape index (κ2) is 8.58. The fraction of sp³-hybridized carbons (Fsp3) is 0.176. The normalized spacial score (nSPS) is 11.5. The Morgan fingerprint density at radius 2 is 1.81 bits per heavy atom. The first-order valence-electron chi connectivity index (χ1n) is 7.19. The zero-order valence-corrected chi connectivity index (χ0v) is 15.6. The van der Waals surface area contributed by atoms with Gasteiger partial charge < -0.3 is 4.74 Å². The third kappa shape index (κ3) is 6.05. The number of rotatable bonds is 5. The van der Waals surface area contributed by atoms with Crippen LogP contribution in [0.1, 0.15) is 5.56 Å². The standard InChI is InChI=1S/C17H13BrF3NO3S/c18-14-6-4-7-15(12-14)25-10-2-1-9-22-26(23,24)16-8-3-5-13(11-16)17(19,20)21/h3-8,11-12,22H,9-10H2. The van der Waals surface area contributed by atoms with Crippen molar-refractivity contribution in [3.63, 3.8) is 0 Å². The molecule has 0 fully saturated rings. The monoisotopic (exact) mass is 447 g/mol. The first-order valence-corrected chi connectivity index (χ1v) is 9.47. The molecule has 1 N–H and O–H groups in total. The smallest absolute Gasteiger partial charge is 0.416 e. The molecule has 138 valence electrons. The Morgan fingerprint density at radius 1 is 1.08 bits per heavy atom. The lowest BCUT2D eigenvalue weighted by Gasteiger charge is -2.09. The third-order valence-corrected chi connectivity index (χ3v) is 4.95. The Kier molecular flexibility index (Phi) is 6.69. The van der Waals surface area contributed by atoms with Crippen molar-refractivity contribution in [2.75, 3.05) is 13.2 Å². The SMILES string of the molecule is O=S(=O)(NCC#CCOc1cccc(Br)c1)c1cccc(C(F)(F)F)c1. The number of hydrogen-bond acceptors (Lipinski definition) is 3. The van der Waals surface area contributed by atoms with E-state index in [0.29, 0.717) is 11.8 Å². The maximum atomic E-state index is 12.7. The van der Waals surface area contributed by atoms with Crippen molar-refractivity contribution in [3.8, 4) is 17.6 Å². The van der Waals surface area contributed by atoms with Crippen LogP contribution in [0.5, 0.6) is 5.75 Å². The highest BCUT2D eigenvalue weighted by Gasteiger charge is 2.31. The van der Waals surface area contributed by atoms with Crippen LogP contribution in [0.15, 0.2) is 57.9 Å². The molecule has 0 saturated heterocycles. The molecule has 0 saturated carbocycles. The topological polar surface area (TPSA) is 55.4 Å². The quantitative estimate of drug-likeness (QED) is 0.708. The van der Waals surface area contributed by atoms with Crippen LogP contribution in [0.3, 0.4) is 0 Å². The maximum absolute atomic E-state index is 12.7. The molecule has 2 aromatic carbocycles. The summed E-state index contributed by atoms with van der Waals surface area (Å²) in [6, 6.07) is 10.6. The summed E-state index contributed by atoms with van der Waals surface area (Å²) in [5.41, 5.74) is -1.03. The van der Waals surface area contributed by atoms with Gasteiger partial charge in [-0.25, -0.2) is 8.42 Å². The van der Waals surface area contributed by atoms with Crippen molar-refractivity contribution in [1.82, 2.24) is 4.72 Å². The largest absolute Gasteiger partial charge is 0.481 e. The van der Waals surface area contributed by atoms with E-state index in [1.807, 2.05) is 6.07 Å².